The van der Waals surface area contributed by atoms with Crippen LogP contribution in [-0.2, 0) is 0 Å². The van der Waals surface area contributed by atoms with E-state index < -0.39 is 0 Å². The molecule has 0 aliphatic rings. The first-order valence-electron chi connectivity index (χ1n) is 4.04. The zero-order chi connectivity index (χ0) is 9.68. The van der Waals surface area contributed by atoms with Gasteiger partial charge in [-0.2, -0.15) is 12.6 Å². The van der Waals surface area contributed by atoms with Crippen LogP contribution in [0.25, 0.3) is 0 Å². The van der Waals surface area contributed by atoms with Crippen LogP contribution < -0.4 is 5.32 Å². The maximum absolute atomic E-state index is 13.1. The van der Waals surface area contributed by atoms with Crippen LogP contribution >= 0.6 is 28.6 Å². The summed E-state index contributed by atoms with van der Waals surface area (Å²) in [4.78, 5) is 0. The molecule has 0 saturated carbocycles. The van der Waals surface area contributed by atoms with Crippen LogP contribution in [0.15, 0.2) is 22.7 Å². The third-order valence-corrected chi connectivity index (χ3v) is 2.39. The SMILES string of the molecule is Fc1ccc(Br)cc1NCCCS. The monoisotopic (exact) mass is 263 g/mol. The fourth-order valence-electron chi connectivity index (χ4n) is 0.935. The molecule has 0 heterocycles. The highest BCUT2D eigenvalue weighted by Crippen LogP contribution is 2.19. The lowest BCUT2D eigenvalue weighted by atomic mass is 10.3. The Hall–Kier alpha value is -0.220. The van der Waals surface area contributed by atoms with E-state index in [2.05, 4.69) is 33.9 Å². The van der Waals surface area contributed by atoms with Crippen LogP contribution in [0.2, 0.25) is 0 Å². The summed E-state index contributed by atoms with van der Waals surface area (Å²) in [5, 5.41) is 3.00. The van der Waals surface area contributed by atoms with Crippen LogP contribution in [0.4, 0.5) is 10.1 Å². The standard InChI is InChI=1S/C9H11BrFNS/c10-7-2-3-8(11)9(6-7)12-4-1-5-13/h2-3,6,12-13H,1,4-5H2. The molecule has 1 rings (SSSR count). The normalized spacial score (nSPS) is 10.1. The Labute approximate surface area is 91.3 Å². The van der Waals surface area contributed by atoms with Crippen LogP contribution in [-0.4, -0.2) is 12.3 Å². The Morgan fingerprint density at radius 2 is 2.23 bits per heavy atom. The summed E-state index contributed by atoms with van der Waals surface area (Å²) in [6.45, 7) is 0.747. The van der Waals surface area contributed by atoms with Gasteiger partial charge in [0.2, 0.25) is 0 Å². The fourth-order valence-corrected chi connectivity index (χ4v) is 1.45. The van der Waals surface area contributed by atoms with Gasteiger partial charge in [-0.25, -0.2) is 4.39 Å². The molecule has 1 aromatic carbocycles. The Kier molecular flexibility index (Phi) is 4.59. The summed E-state index contributed by atoms with van der Waals surface area (Å²) >= 11 is 7.35. The van der Waals surface area contributed by atoms with Gasteiger partial charge in [0, 0.05) is 11.0 Å². The van der Waals surface area contributed by atoms with Gasteiger partial charge in [-0.05, 0) is 30.4 Å². The Balaban J connectivity index is 2.59. The van der Waals surface area contributed by atoms with Gasteiger partial charge in [0.1, 0.15) is 5.82 Å². The molecule has 0 spiro atoms. The summed E-state index contributed by atoms with van der Waals surface area (Å²) in [6, 6.07) is 4.85. The number of anilines is 1. The summed E-state index contributed by atoms with van der Waals surface area (Å²) in [5.74, 6) is 0.588. The second-order valence-corrected chi connectivity index (χ2v) is 3.99. The molecule has 1 nitrogen and oxygen atoms in total. The molecule has 13 heavy (non-hydrogen) atoms. The molecule has 1 N–H and O–H groups in total. The number of rotatable bonds is 4. The van der Waals surface area contributed by atoms with Gasteiger partial charge in [-0.1, -0.05) is 15.9 Å². The van der Waals surface area contributed by atoms with E-state index in [0.29, 0.717) is 5.69 Å². The third-order valence-electron chi connectivity index (χ3n) is 1.58. The second kappa shape index (κ2) is 5.50. The van der Waals surface area contributed by atoms with E-state index in [-0.39, 0.29) is 5.82 Å². The number of nitrogens with one attached hydrogen (secondary N) is 1. The summed E-state index contributed by atoms with van der Waals surface area (Å²) in [5.41, 5.74) is 0.538. The van der Waals surface area contributed by atoms with E-state index in [1.807, 2.05) is 0 Å². The molecule has 0 aliphatic heterocycles. The van der Waals surface area contributed by atoms with E-state index in [0.717, 1.165) is 23.2 Å². The van der Waals surface area contributed by atoms with Gasteiger partial charge in [0.25, 0.3) is 0 Å². The minimum Gasteiger partial charge on any atom is -0.383 e. The lowest BCUT2D eigenvalue weighted by molar-refractivity contribution is 0.629. The molecule has 4 heteroatoms. The van der Waals surface area contributed by atoms with Gasteiger partial charge >= 0.3 is 0 Å². The van der Waals surface area contributed by atoms with Crippen molar-refractivity contribution in [3.05, 3.63) is 28.5 Å². The average molecular weight is 264 g/mol. The zero-order valence-corrected chi connectivity index (χ0v) is 9.54. The largest absolute Gasteiger partial charge is 0.383 e. The van der Waals surface area contributed by atoms with Gasteiger partial charge in [0.05, 0.1) is 5.69 Å². The van der Waals surface area contributed by atoms with Crippen LogP contribution in [0.3, 0.4) is 0 Å². The summed E-state index contributed by atoms with van der Waals surface area (Å²) < 4.78 is 14.0. The molecule has 0 fully saturated rings. The van der Waals surface area contributed by atoms with Crippen molar-refractivity contribution in [2.75, 3.05) is 17.6 Å². The minimum atomic E-state index is -0.220. The first-order valence-corrected chi connectivity index (χ1v) is 5.46. The first-order chi connectivity index (χ1) is 6.24. The number of benzene rings is 1. The second-order valence-electron chi connectivity index (χ2n) is 2.63. The number of thiol groups is 1. The van der Waals surface area contributed by atoms with Gasteiger partial charge in [-0.3, -0.25) is 0 Å². The van der Waals surface area contributed by atoms with Gasteiger partial charge in [0.15, 0.2) is 0 Å². The molecular formula is C9H11BrFNS. The molecule has 0 bridgehead atoms. The molecule has 0 aromatic heterocycles. The van der Waals surface area contributed by atoms with Crippen molar-refractivity contribution >= 4 is 34.2 Å². The maximum Gasteiger partial charge on any atom is 0.146 e. The molecule has 0 amide bonds. The average Bonchev–Trinajstić information content (AvgIpc) is 2.11. The van der Waals surface area contributed by atoms with Gasteiger partial charge < -0.3 is 5.32 Å². The number of hydrogen-bond donors (Lipinski definition) is 2. The van der Waals surface area contributed by atoms with Crippen LogP contribution in [0, 0.1) is 5.82 Å². The lowest BCUT2D eigenvalue weighted by Gasteiger charge is -2.06. The Bertz CT molecular complexity index is 280. The zero-order valence-electron chi connectivity index (χ0n) is 7.06. The van der Waals surface area contributed by atoms with Crippen molar-refractivity contribution in [1.82, 2.24) is 0 Å². The number of halogens is 2. The molecule has 0 unspecified atom stereocenters. The highest BCUT2D eigenvalue weighted by molar-refractivity contribution is 9.10. The minimum absolute atomic E-state index is 0.220. The summed E-state index contributed by atoms with van der Waals surface area (Å²) in [6.07, 6.45) is 0.926. The van der Waals surface area contributed by atoms with Crippen LogP contribution in [0.5, 0.6) is 0 Å². The van der Waals surface area contributed by atoms with Crippen molar-refractivity contribution in [2.24, 2.45) is 0 Å². The van der Waals surface area contributed by atoms with Gasteiger partial charge in [-0.15, -0.1) is 0 Å². The highest BCUT2D eigenvalue weighted by atomic mass is 79.9. The van der Waals surface area contributed by atoms with Crippen molar-refractivity contribution in [3.63, 3.8) is 0 Å². The quantitative estimate of drug-likeness (QED) is 0.628. The molecule has 1 aromatic rings. The molecule has 0 saturated heterocycles. The van der Waals surface area contributed by atoms with E-state index in [1.54, 1.807) is 12.1 Å². The molecular weight excluding hydrogens is 253 g/mol. The van der Waals surface area contributed by atoms with Crippen molar-refractivity contribution < 1.29 is 4.39 Å². The Morgan fingerprint density at radius 3 is 2.92 bits per heavy atom. The molecule has 0 atom stereocenters. The van der Waals surface area contributed by atoms with Crippen molar-refractivity contribution in [3.8, 4) is 0 Å². The lowest BCUT2D eigenvalue weighted by Crippen LogP contribution is -2.03. The third kappa shape index (κ3) is 3.56. The Morgan fingerprint density at radius 1 is 1.46 bits per heavy atom. The topological polar surface area (TPSA) is 12.0 Å². The fraction of sp³-hybridized carbons (Fsp3) is 0.333. The van der Waals surface area contributed by atoms with E-state index in [9.17, 15) is 4.39 Å². The van der Waals surface area contributed by atoms with Crippen molar-refractivity contribution in [1.29, 1.82) is 0 Å². The maximum atomic E-state index is 13.1. The predicted molar refractivity (Wildman–Crippen MR) is 61.1 cm³/mol. The van der Waals surface area contributed by atoms with E-state index >= 15 is 0 Å². The van der Waals surface area contributed by atoms with Crippen molar-refractivity contribution in [2.45, 2.75) is 6.42 Å². The first kappa shape index (κ1) is 10.9. The van der Waals surface area contributed by atoms with E-state index in [1.165, 1.54) is 6.07 Å². The number of hydrogen-bond acceptors (Lipinski definition) is 2. The smallest absolute Gasteiger partial charge is 0.146 e. The molecule has 0 aliphatic carbocycles. The molecule has 72 valence electrons. The summed E-state index contributed by atoms with van der Waals surface area (Å²) in [7, 11) is 0. The predicted octanol–water partition coefficient (Wildman–Crippen LogP) is 3.32. The molecule has 0 radical (unpaired) electrons. The highest BCUT2D eigenvalue weighted by Gasteiger charge is 2.00. The van der Waals surface area contributed by atoms with E-state index in [4.69, 9.17) is 0 Å². The van der Waals surface area contributed by atoms with Crippen LogP contribution in [0.1, 0.15) is 6.42 Å².